The number of nitrogens with zero attached hydrogens (tertiary/aromatic N) is 5. The number of nitrogens with one attached hydrogen (secondary N) is 1. The maximum atomic E-state index is 12.4. The Morgan fingerprint density at radius 2 is 2.03 bits per heavy atom. The summed E-state index contributed by atoms with van der Waals surface area (Å²) in [5, 5.41) is 23.1. The molecule has 3 heterocycles. The Morgan fingerprint density at radius 3 is 2.71 bits per heavy atom. The minimum absolute atomic E-state index is 0.0542. The van der Waals surface area contributed by atoms with Crippen molar-refractivity contribution >= 4 is 36.7 Å². The minimum atomic E-state index is -4.81. The first-order valence-electron chi connectivity index (χ1n) is 9.99. The molecule has 18 heteroatoms. The highest BCUT2D eigenvalue weighted by molar-refractivity contribution is 7.46. The van der Waals surface area contributed by atoms with Crippen molar-refractivity contribution in [3.63, 3.8) is 0 Å². The van der Waals surface area contributed by atoms with E-state index in [4.69, 9.17) is 31.7 Å². The van der Waals surface area contributed by atoms with Gasteiger partial charge in [0.15, 0.2) is 29.2 Å². The molecule has 2 aromatic heterocycles. The van der Waals surface area contributed by atoms with Crippen LogP contribution in [0.2, 0.25) is 0 Å². The summed E-state index contributed by atoms with van der Waals surface area (Å²) in [6.45, 7) is -0.343. The lowest BCUT2D eigenvalue weighted by molar-refractivity contribution is -0.117. The largest absolute Gasteiger partial charge is 0.469 e. The fourth-order valence-corrected chi connectivity index (χ4v) is 3.60. The van der Waals surface area contributed by atoms with Crippen molar-refractivity contribution in [3.8, 4) is 0 Å². The summed E-state index contributed by atoms with van der Waals surface area (Å²) in [6, 6.07) is -0.869. The van der Waals surface area contributed by atoms with Crippen molar-refractivity contribution < 1.29 is 38.6 Å². The molecule has 11 N–H and O–H groups in total. The van der Waals surface area contributed by atoms with E-state index in [1.165, 1.54) is 10.9 Å². The van der Waals surface area contributed by atoms with Crippen LogP contribution < -0.4 is 22.5 Å². The molecule has 1 aliphatic rings. The second-order valence-electron chi connectivity index (χ2n) is 7.42. The number of guanidine groups is 1. The fraction of sp³-hybridized carbons (Fsp3) is 0.562. The molecule has 1 fully saturated rings. The highest BCUT2D eigenvalue weighted by Gasteiger charge is 2.45. The predicted molar refractivity (Wildman–Crippen MR) is 116 cm³/mol. The van der Waals surface area contributed by atoms with E-state index in [0.29, 0.717) is 19.4 Å². The Kier molecular flexibility index (Phi) is 8.11. The minimum Gasteiger partial charge on any atom is -0.387 e. The predicted octanol–water partition coefficient (Wildman–Crippen LogP) is -3.13. The number of aromatic nitrogens is 4. The third-order valence-corrected chi connectivity index (χ3v) is 5.41. The van der Waals surface area contributed by atoms with E-state index in [1.54, 1.807) is 0 Å². The van der Waals surface area contributed by atoms with Crippen LogP contribution in [0.15, 0.2) is 17.6 Å². The number of carbonyl (C=O) groups excluding carboxylic acids is 1. The number of rotatable bonds is 10. The average molecular weight is 503 g/mol. The van der Waals surface area contributed by atoms with Gasteiger partial charge in [-0.25, -0.2) is 19.5 Å². The number of hydrogen-bond acceptors (Lipinski definition) is 11. The maximum absolute atomic E-state index is 12.4. The number of hydrogen-bond donors (Lipinski definition) is 8. The Balaban J connectivity index is 1.71. The summed E-state index contributed by atoms with van der Waals surface area (Å²) in [5.41, 5.74) is 16.7. The number of carbonyl (C=O) groups is 1. The van der Waals surface area contributed by atoms with Gasteiger partial charge in [0, 0.05) is 6.54 Å². The lowest BCUT2D eigenvalue weighted by Crippen LogP contribution is -2.36. The summed E-state index contributed by atoms with van der Waals surface area (Å²) in [6.07, 6.45) is -2.26. The van der Waals surface area contributed by atoms with Crippen LogP contribution in [0.1, 0.15) is 19.1 Å². The van der Waals surface area contributed by atoms with Crippen LogP contribution in [0.5, 0.6) is 0 Å². The van der Waals surface area contributed by atoms with Gasteiger partial charge in [0.05, 0.1) is 19.0 Å². The smallest absolute Gasteiger partial charge is 0.387 e. The van der Waals surface area contributed by atoms with Crippen molar-refractivity contribution in [2.24, 2.45) is 22.2 Å². The van der Waals surface area contributed by atoms with Crippen LogP contribution in [0.4, 0.5) is 5.82 Å². The molecule has 0 aromatic carbocycles. The number of phosphoric ester groups is 1. The molecule has 2 aromatic rings. The molecule has 0 saturated carbocycles. The zero-order valence-electron chi connectivity index (χ0n) is 17.7. The summed E-state index contributed by atoms with van der Waals surface area (Å²) >= 11 is 0. The van der Waals surface area contributed by atoms with Gasteiger partial charge in [-0.3, -0.25) is 18.9 Å². The molecule has 188 valence electrons. The Labute approximate surface area is 192 Å². The molecule has 5 atom stereocenters. The summed E-state index contributed by atoms with van der Waals surface area (Å²) in [7, 11) is -4.81. The van der Waals surface area contributed by atoms with Crippen molar-refractivity contribution in [1.82, 2.24) is 19.5 Å². The van der Waals surface area contributed by atoms with Crippen molar-refractivity contribution in [3.05, 3.63) is 12.7 Å². The number of aliphatic hydroxyl groups is 2. The summed E-state index contributed by atoms with van der Waals surface area (Å²) in [4.78, 5) is 46.2. The first kappa shape index (κ1) is 25.9. The molecular formula is C16H26N9O8P. The van der Waals surface area contributed by atoms with Gasteiger partial charge in [0.25, 0.3) is 0 Å². The third kappa shape index (κ3) is 6.22. The van der Waals surface area contributed by atoms with E-state index in [-0.39, 0.29) is 22.9 Å². The SMILES string of the molecule is NC(N)=NCCC[C@H](N)C(=O)Nc1ncnc2c1ncn2[C@@H]1O[C@H](COP(=O)(O)O)[C@@H](O)[C@H]1O. The topological polar surface area (TPSA) is 280 Å². The number of aliphatic imine (C=N–C) groups is 1. The number of amides is 1. The third-order valence-electron chi connectivity index (χ3n) is 4.92. The van der Waals surface area contributed by atoms with Gasteiger partial charge >= 0.3 is 7.82 Å². The highest BCUT2D eigenvalue weighted by atomic mass is 31.2. The second kappa shape index (κ2) is 10.7. The van der Waals surface area contributed by atoms with E-state index < -0.39 is 50.9 Å². The molecule has 0 aliphatic carbocycles. The molecule has 0 bridgehead atoms. The maximum Gasteiger partial charge on any atom is 0.469 e. The summed E-state index contributed by atoms with van der Waals surface area (Å²) in [5.74, 6) is -0.522. The molecule has 3 rings (SSSR count). The first-order chi connectivity index (χ1) is 16.0. The van der Waals surface area contributed by atoms with Gasteiger partial charge in [-0.05, 0) is 12.8 Å². The monoisotopic (exact) mass is 503 g/mol. The normalized spacial score (nSPS) is 23.7. The Hall–Kier alpha value is -2.76. The highest BCUT2D eigenvalue weighted by Crippen LogP contribution is 2.38. The standard InChI is InChI=1S/C16H26N9O8P/c17-7(2-1-3-20-16(18)19)14(28)24-12-9-13(22-5-21-12)25(6-23-9)15-11(27)10(26)8(33-15)4-32-34(29,30)31/h5-8,10-11,15,26-27H,1-4,17H2,(H4,18,19,20)(H2,29,30,31)(H,21,22,24,28)/t7-,8+,10+,11+,15+/m0/s1. The van der Waals surface area contributed by atoms with Crippen LogP contribution >= 0.6 is 7.82 Å². The van der Waals surface area contributed by atoms with Crippen LogP contribution in [-0.2, 0) is 18.6 Å². The average Bonchev–Trinajstić information content (AvgIpc) is 3.31. The number of imidazole rings is 1. The molecular weight excluding hydrogens is 477 g/mol. The van der Waals surface area contributed by atoms with Gasteiger partial charge in [-0.1, -0.05) is 0 Å². The molecule has 1 saturated heterocycles. The van der Waals surface area contributed by atoms with Crippen molar-refractivity contribution in [1.29, 1.82) is 0 Å². The van der Waals surface area contributed by atoms with E-state index in [9.17, 15) is 19.6 Å². The fourth-order valence-electron chi connectivity index (χ4n) is 3.26. The van der Waals surface area contributed by atoms with E-state index in [2.05, 4.69) is 29.8 Å². The molecule has 0 spiro atoms. The number of aliphatic hydroxyl groups excluding tert-OH is 2. The zero-order chi connectivity index (χ0) is 25.0. The van der Waals surface area contributed by atoms with Gasteiger partial charge in [0.1, 0.15) is 24.6 Å². The number of ether oxygens (including phenoxy) is 1. The first-order valence-corrected chi connectivity index (χ1v) is 11.5. The van der Waals surface area contributed by atoms with Crippen LogP contribution in [0.25, 0.3) is 11.2 Å². The Bertz CT molecular complexity index is 1090. The molecule has 1 amide bonds. The summed E-state index contributed by atoms with van der Waals surface area (Å²) < 4.78 is 22.1. The lowest BCUT2D eigenvalue weighted by Gasteiger charge is -2.16. The zero-order valence-corrected chi connectivity index (χ0v) is 18.6. The molecule has 0 unspecified atom stereocenters. The lowest BCUT2D eigenvalue weighted by atomic mass is 10.1. The van der Waals surface area contributed by atoms with E-state index >= 15 is 0 Å². The van der Waals surface area contributed by atoms with Crippen LogP contribution in [0, 0.1) is 0 Å². The second-order valence-corrected chi connectivity index (χ2v) is 8.66. The van der Waals surface area contributed by atoms with Gasteiger partial charge < -0.3 is 47.3 Å². The van der Waals surface area contributed by atoms with E-state index in [0.717, 1.165) is 6.33 Å². The quantitative estimate of drug-likeness (QED) is 0.0689. The van der Waals surface area contributed by atoms with E-state index in [1.807, 2.05) is 0 Å². The van der Waals surface area contributed by atoms with Crippen LogP contribution in [-0.4, -0.2) is 88.9 Å². The number of phosphoric acid groups is 1. The molecule has 17 nitrogen and oxygen atoms in total. The van der Waals surface area contributed by atoms with Crippen molar-refractivity contribution in [2.45, 2.75) is 43.4 Å². The van der Waals surface area contributed by atoms with Crippen molar-refractivity contribution in [2.75, 3.05) is 18.5 Å². The van der Waals surface area contributed by atoms with Gasteiger partial charge in [-0.15, -0.1) is 0 Å². The number of nitrogens with two attached hydrogens (primary N) is 3. The number of fused-ring (bicyclic) bond motifs is 1. The van der Waals surface area contributed by atoms with Gasteiger partial charge in [0.2, 0.25) is 5.91 Å². The number of anilines is 1. The molecule has 34 heavy (non-hydrogen) atoms. The van der Waals surface area contributed by atoms with Gasteiger partial charge in [-0.2, -0.15) is 0 Å². The van der Waals surface area contributed by atoms with Crippen LogP contribution in [0.3, 0.4) is 0 Å². The molecule has 0 radical (unpaired) electrons. The molecule has 1 aliphatic heterocycles. The Morgan fingerprint density at radius 1 is 1.29 bits per heavy atom.